The molecule has 2 aromatic carbocycles. The standard InChI is InChI=1S/C14H14BrClO/c15-8-13(9-16)17-10-12-6-3-5-11-4-1-2-7-14(11)12/h1-7,13H,8-10H2/t13-/m1/s1. The molecule has 2 rings (SSSR count). The first-order valence-corrected chi connectivity index (χ1v) is 7.21. The van der Waals surface area contributed by atoms with Gasteiger partial charge in [0.1, 0.15) is 0 Å². The van der Waals surface area contributed by atoms with Gasteiger partial charge in [0.05, 0.1) is 12.7 Å². The van der Waals surface area contributed by atoms with Gasteiger partial charge in [0.15, 0.2) is 0 Å². The first-order chi connectivity index (χ1) is 8.35. The van der Waals surface area contributed by atoms with Gasteiger partial charge < -0.3 is 4.74 Å². The number of halogens is 2. The highest BCUT2D eigenvalue weighted by atomic mass is 79.9. The van der Waals surface area contributed by atoms with Gasteiger partial charge >= 0.3 is 0 Å². The highest BCUT2D eigenvalue weighted by Crippen LogP contribution is 2.19. The predicted octanol–water partition coefficient (Wildman–Crippen LogP) is 4.36. The number of hydrogen-bond acceptors (Lipinski definition) is 1. The van der Waals surface area contributed by atoms with Crippen LogP contribution in [0.15, 0.2) is 42.5 Å². The molecular formula is C14H14BrClO. The van der Waals surface area contributed by atoms with Crippen LogP contribution in [0.1, 0.15) is 5.56 Å². The van der Waals surface area contributed by atoms with E-state index in [2.05, 4.69) is 52.3 Å². The molecule has 0 aromatic heterocycles. The van der Waals surface area contributed by atoms with Crippen molar-refractivity contribution < 1.29 is 4.74 Å². The van der Waals surface area contributed by atoms with Crippen molar-refractivity contribution in [3.63, 3.8) is 0 Å². The van der Waals surface area contributed by atoms with Crippen LogP contribution in [0.5, 0.6) is 0 Å². The summed E-state index contributed by atoms with van der Waals surface area (Å²) in [5.41, 5.74) is 1.21. The smallest absolute Gasteiger partial charge is 0.0811 e. The van der Waals surface area contributed by atoms with Crippen LogP contribution in [0.4, 0.5) is 0 Å². The molecule has 0 saturated heterocycles. The van der Waals surface area contributed by atoms with E-state index in [9.17, 15) is 0 Å². The summed E-state index contributed by atoms with van der Waals surface area (Å²) in [5, 5.41) is 3.26. The number of benzene rings is 2. The third-order valence-corrected chi connectivity index (χ3v) is 3.77. The molecule has 17 heavy (non-hydrogen) atoms. The zero-order chi connectivity index (χ0) is 12.1. The molecule has 0 N–H and O–H groups in total. The van der Waals surface area contributed by atoms with Crippen molar-refractivity contribution in [1.29, 1.82) is 0 Å². The minimum absolute atomic E-state index is 0.0654. The van der Waals surface area contributed by atoms with E-state index >= 15 is 0 Å². The molecule has 90 valence electrons. The number of rotatable bonds is 5. The molecule has 0 saturated carbocycles. The minimum Gasteiger partial charge on any atom is -0.371 e. The molecule has 0 fully saturated rings. The van der Waals surface area contributed by atoms with Crippen molar-refractivity contribution in [3.8, 4) is 0 Å². The van der Waals surface area contributed by atoms with Crippen LogP contribution in [0.2, 0.25) is 0 Å². The molecule has 0 spiro atoms. The lowest BCUT2D eigenvalue weighted by Crippen LogP contribution is -2.16. The van der Waals surface area contributed by atoms with Crippen LogP contribution in [-0.2, 0) is 11.3 Å². The van der Waals surface area contributed by atoms with Gasteiger partial charge in [-0.3, -0.25) is 0 Å². The number of alkyl halides is 2. The topological polar surface area (TPSA) is 9.23 Å². The van der Waals surface area contributed by atoms with Crippen molar-refractivity contribution in [2.45, 2.75) is 12.7 Å². The van der Waals surface area contributed by atoms with Gasteiger partial charge in [-0.1, -0.05) is 58.4 Å². The summed E-state index contributed by atoms with van der Waals surface area (Å²) in [5.74, 6) is 0.510. The SMILES string of the molecule is ClC[C@@H](CBr)OCc1cccc2ccccc12. The van der Waals surface area contributed by atoms with E-state index in [1.807, 2.05) is 6.07 Å². The van der Waals surface area contributed by atoms with E-state index < -0.39 is 0 Å². The zero-order valence-electron chi connectivity index (χ0n) is 9.40. The largest absolute Gasteiger partial charge is 0.371 e. The van der Waals surface area contributed by atoms with Gasteiger partial charge in [-0.25, -0.2) is 0 Å². The lowest BCUT2D eigenvalue weighted by molar-refractivity contribution is 0.0725. The lowest BCUT2D eigenvalue weighted by atomic mass is 10.1. The summed E-state index contributed by atoms with van der Waals surface area (Å²) in [6.45, 7) is 0.602. The van der Waals surface area contributed by atoms with E-state index in [1.54, 1.807) is 0 Å². The predicted molar refractivity (Wildman–Crippen MR) is 77.0 cm³/mol. The van der Waals surface area contributed by atoms with E-state index in [0.29, 0.717) is 12.5 Å². The number of ether oxygens (including phenoxy) is 1. The molecule has 0 bridgehead atoms. The third-order valence-electron chi connectivity index (χ3n) is 2.70. The second kappa shape index (κ2) is 6.39. The normalized spacial score (nSPS) is 12.8. The van der Waals surface area contributed by atoms with Crippen LogP contribution in [0, 0.1) is 0 Å². The molecule has 0 radical (unpaired) electrons. The minimum atomic E-state index is 0.0654. The van der Waals surface area contributed by atoms with Crippen molar-refractivity contribution in [2.75, 3.05) is 11.2 Å². The Morgan fingerprint density at radius 1 is 1.12 bits per heavy atom. The fourth-order valence-electron chi connectivity index (χ4n) is 1.76. The van der Waals surface area contributed by atoms with Crippen LogP contribution >= 0.6 is 27.5 Å². The summed E-state index contributed by atoms with van der Waals surface area (Å²) in [6, 6.07) is 14.6. The first kappa shape index (κ1) is 12.9. The Morgan fingerprint density at radius 2 is 1.88 bits per heavy atom. The average molecular weight is 314 g/mol. The second-order valence-electron chi connectivity index (χ2n) is 3.88. The van der Waals surface area contributed by atoms with Gasteiger partial charge in [0.25, 0.3) is 0 Å². The quantitative estimate of drug-likeness (QED) is 0.745. The fraction of sp³-hybridized carbons (Fsp3) is 0.286. The maximum Gasteiger partial charge on any atom is 0.0811 e. The van der Waals surface area contributed by atoms with Crippen molar-refractivity contribution in [3.05, 3.63) is 48.0 Å². The highest BCUT2D eigenvalue weighted by molar-refractivity contribution is 9.09. The summed E-state index contributed by atoms with van der Waals surface area (Å²) in [7, 11) is 0. The van der Waals surface area contributed by atoms with Crippen molar-refractivity contribution in [2.24, 2.45) is 0 Å². The Balaban J connectivity index is 2.18. The molecule has 0 aliphatic rings. The maximum atomic E-state index is 5.80. The summed E-state index contributed by atoms with van der Waals surface area (Å²) in [6.07, 6.45) is 0.0654. The van der Waals surface area contributed by atoms with Gasteiger partial charge in [0, 0.05) is 11.2 Å². The number of fused-ring (bicyclic) bond motifs is 1. The average Bonchev–Trinajstić information content (AvgIpc) is 2.40. The van der Waals surface area contributed by atoms with Crippen LogP contribution < -0.4 is 0 Å². The van der Waals surface area contributed by atoms with E-state index in [4.69, 9.17) is 16.3 Å². The Bertz CT molecular complexity index is 477. The maximum absolute atomic E-state index is 5.80. The molecule has 1 nitrogen and oxygen atoms in total. The van der Waals surface area contributed by atoms with E-state index in [-0.39, 0.29) is 6.10 Å². The highest BCUT2D eigenvalue weighted by Gasteiger charge is 2.07. The van der Waals surface area contributed by atoms with Crippen molar-refractivity contribution in [1.82, 2.24) is 0 Å². The molecule has 0 amide bonds. The molecule has 3 heteroatoms. The van der Waals surface area contributed by atoms with Gasteiger partial charge in [-0.05, 0) is 16.3 Å². The summed E-state index contributed by atoms with van der Waals surface area (Å²) >= 11 is 9.19. The number of hydrogen-bond donors (Lipinski definition) is 0. The van der Waals surface area contributed by atoms with E-state index in [1.165, 1.54) is 16.3 Å². The first-order valence-electron chi connectivity index (χ1n) is 5.55. The van der Waals surface area contributed by atoms with Crippen LogP contribution in [-0.4, -0.2) is 17.3 Å². The van der Waals surface area contributed by atoms with Gasteiger partial charge in [0.2, 0.25) is 0 Å². The van der Waals surface area contributed by atoms with Crippen molar-refractivity contribution >= 4 is 38.3 Å². The third kappa shape index (κ3) is 3.21. The Labute approximate surface area is 115 Å². The second-order valence-corrected chi connectivity index (χ2v) is 4.84. The molecule has 2 aromatic rings. The molecule has 0 unspecified atom stereocenters. The Kier molecular flexibility index (Phi) is 4.84. The van der Waals surface area contributed by atoms with Gasteiger partial charge in [-0.15, -0.1) is 11.6 Å². The molecule has 0 aliphatic heterocycles. The van der Waals surface area contributed by atoms with Gasteiger partial charge in [-0.2, -0.15) is 0 Å². The molecule has 0 aliphatic carbocycles. The Hall–Kier alpha value is -0.570. The summed E-state index contributed by atoms with van der Waals surface area (Å²) < 4.78 is 5.76. The molecule has 0 heterocycles. The summed E-state index contributed by atoms with van der Waals surface area (Å²) in [4.78, 5) is 0. The van der Waals surface area contributed by atoms with Crippen LogP contribution in [0.25, 0.3) is 10.8 Å². The lowest BCUT2D eigenvalue weighted by Gasteiger charge is -2.13. The van der Waals surface area contributed by atoms with E-state index in [0.717, 1.165) is 5.33 Å². The molecular weight excluding hydrogens is 300 g/mol. The Morgan fingerprint density at radius 3 is 2.65 bits per heavy atom. The monoisotopic (exact) mass is 312 g/mol. The zero-order valence-corrected chi connectivity index (χ0v) is 11.7. The fourth-order valence-corrected chi connectivity index (χ4v) is 2.63. The van der Waals surface area contributed by atoms with Crippen LogP contribution in [0.3, 0.4) is 0 Å². The molecule has 1 atom stereocenters.